The van der Waals surface area contributed by atoms with Gasteiger partial charge < -0.3 is 9.87 Å². The minimum absolute atomic E-state index is 0. The number of hydrogen-bond donors (Lipinski definition) is 1. The third-order valence-corrected chi connectivity index (χ3v) is 10.3. The Morgan fingerprint density at radius 2 is 1.70 bits per heavy atom. The molecule has 30 heavy (non-hydrogen) atoms. The van der Waals surface area contributed by atoms with Crippen LogP contribution in [-0.2, 0) is 14.9 Å². The number of rotatable bonds is 12. The molecule has 2 atom stereocenters. The first-order valence-corrected chi connectivity index (χ1v) is 14.5. The number of carbonyl (C=O) groups excluding carboxylic acids is 1. The van der Waals surface area contributed by atoms with Gasteiger partial charge in [-0.25, -0.2) is 18.4 Å². The van der Waals surface area contributed by atoms with Crippen LogP contribution in [0.15, 0.2) is 58.8 Å². The fourth-order valence-electron chi connectivity index (χ4n) is 1.99. The molecule has 0 bridgehead atoms. The fourth-order valence-corrected chi connectivity index (χ4v) is 7.86. The molecule has 2 heterocycles. The van der Waals surface area contributed by atoms with E-state index in [2.05, 4.69) is 15.3 Å². The van der Waals surface area contributed by atoms with Crippen molar-refractivity contribution in [3.8, 4) is 0 Å². The number of nitrogens with zero attached hydrogens (tertiary/aromatic N) is 2. The van der Waals surface area contributed by atoms with E-state index in [-0.39, 0.29) is 41.9 Å². The molecule has 0 aliphatic heterocycles. The molecular weight excluding hydrogens is 494 g/mol. The molecule has 0 radical (unpaired) electrons. The van der Waals surface area contributed by atoms with E-state index in [9.17, 15) is 17.8 Å². The standard InChI is InChI=1S/C17H21N3O4S5.Na/c1-13(17(21)20-10-11-25-26-14-6-2-4-8-18-14)12-16(29(22,23)24)28-27-15-7-3-5-9-19-15;/h2-9,13,16H,10-12H2,1H3,(H,20,21)(H,22,23,24);/q;+1/p-1. The van der Waals surface area contributed by atoms with Crippen molar-refractivity contribution in [3.63, 3.8) is 0 Å². The van der Waals surface area contributed by atoms with Gasteiger partial charge in [-0.15, -0.1) is 0 Å². The number of amides is 1. The number of pyridine rings is 2. The van der Waals surface area contributed by atoms with Crippen molar-refractivity contribution >= 4 is 59.2 Å². The molecule has 0 saturated heterocycles. The third-order valence-electron chi connectivity index (χ3n) is 3.46. The van der Waals surface area contributed by atoms with Crippen molar-refractivity contribution in [3.05, 3.63) is 48.8 Å². The molecule has 158 valence electrons. The van der Waals surface area contributed by atoms with Crippen LogP contribution in [0.1, 0.15) is 13.3 Å². The third kappa shape index (κ3) is 11.1. The van der Waals surface area contributed by atoms with Crippen LogP contribution < -0.4 is 34.9 Å². The average molecular weight is 514 g/mol. The molecule has 2 unspecified atom stereocenters. The monoisotopic (exact) mass is 513 g/mol. The Hall–Kier alpha value is 0.0800. The van der Waals surface area contributed by atoms with Crippen LogP contribution in [0.25, 0.3) is 0 Å². The average Bonchev–Trinajstić information content (AvgIpc) is 2.71. The van der Waals surface area contributed by atoms with Gasteiger partial charge in [-0.2, -0.15) is 0 Å². The molecule has 13 heteroatoms. The fraction of sp³-hybridized carbons (Fsp3) is 0.353. The predicted molar refractivity (Wildman–Crippen MR) is 121 cm³/mol. The maximum atomic E-state index is 12.2. The van der Waals surface area contributed by atoms with Crippen molar-refractivity contribution in [2.75, 3.05) is 12.3 Å². The minimum atomic E-state index is -4.55. The number of nitrogens with one attached hydrogen (secondary N) is 1. The van der Waals surface area contributed by atoms with Gasteiger partial charge in [0.2, 0.25) is 5.91 Å². The summed E-state index contributed by atoms with van der Waals surface area (Å²) in [6, 6.07) is 10.9. The van der Waals surface area contributed by atoms with Crippen molar-refractivity contribution < 1.29 is 47.3 Å². The van der Waals surface area contributed by atoms with Crippen LogP contribution in [0.3, 0.4) is 0 Å². The van der Waals surface area contributed by atoms with Crippen molar-refractivity contribution in [1.82, 2.24) is 15.3 Å². The Bertz CT molecular complexity index is 862. The van der Waals surface area contributed by atoms with Crippen LogP contribution in [0.4, 0.5) is 0 Å². The second-order valence-electron chi connectivity index (χ2n) is 5.77. The van der Waals surface area contributed by atoms with Gasteiger partial charge in [-0.05, 0) is 52.3 Å². The maximum Gasteiger partial charge on any atom is 1.00 e. The number of aromatic nitrogens is 2. The van der Waals surface area contributed by atoms with Crippen molar-refractivity contribution in [2.24, 2.45) is 5.92 Å². The van der Waals surface area contributed by atoms with Crippen LogP contribution in [0.5, 0.6) is 0 Å². The van der Waals surface area contributed by atoms with Gasteiger partial charge in [0, 0.05) is 30.6 Å². The Morgan fingerprint density at radius 3 is 2.23 bits per heavy atom. The van der Waals surface area contributed by atoms with Crippen LogP contribution in [0, 0.1) is 5.92 Å². The first-order valence-electron chi connectivity index (χ1n) is 8.53. The summed E-state index contributed by atoms with van der Waals surface area (Å²) in [4.78, 5) is 20.5. The van der Waals surface area contributed by atoms with E-state index in [0.29, 0.717) is 17.3 Å². The molecule has 0 spiro atoms. The summed E-state index contributed by atoms with van der Waals surface area (Å²) in [5, 5.41) is 4.27. The molecule has 2 rings (SSSR count). The number of hydrogen-bond acceptors (Lipinski definition) is 10. The molecule has 0 aliphatic rings. The minimum Gasteiger partial charge on any atom is -0.747 e. The number of carbonyl (C=O) groups is 1. The smallest absolute Gasteiger partial charge is 0.747 e. The molecule has 1 N–H and O–H groups in total. The Morgan fingerprint density at radius 1 is 1.10 bits per heavy atom. The summed E-state index contributed by atoms with van der Waals surface area (Å²) < 4.78 is 33.5. The summed E-state index contributed by atoms with van der Waals surface area (Å²) in [5.74, 6) is -0.202. The van der Waals surface area contributed by atoms with Gasteiger partial charge in [0.25, 0.3) is 0 Å². The van der Waals surface area contributed by atoms with E-state index in [4.69, 9.17) is 0 Å². The van der Waals surface area contributed by atoms with E-state index in [1.54, 1.807) is 48.3 Å². The Labute approximate surface area is 215 Å². The van der Waals surface area contributed by atoms with Crippen molar-refractivity contribution in [1.29, 1.82) is 0 Å². The van der Waals surface area contributed by atoms with Crippen LogP contribution in [0.2, 0.25) is 0 Å². The Kier molecular flexibility index (Phi) is 14.1. The summed E-state index contributed by atoms with van der Waals surface area (Å²) in [5.41, 5.74) is 0. The summed E-state index contributed by atoms with van der Waals surface area (Å²) >= 11 is 0. The zero-order chi connectivity index (χ0) is 21.1. The maximum absolute atomic E-state index is 12.2. The van der Waals surface area contributed by atoms with Gasteiger partial charge >= 0.3 is 29.6 Å². The largest absolute Gasteiger partial charge is 1.00 e. The molecule has 2 aromatic rings. The van der Waals surface area contributed by atoms with E-state index in [0.717, 1.165) is 26.6 Å². The normalized spacial score (nSPS) is 13.1. The van der Waals surface area contributed by atoms with Gasteiger partial charge in [0.1, 0.15) is 24.8 Å². The molecule has 0 fully saturated rings. The molecule has 1 amide bonds. The summed E-state index contributed by atoms with van der Waals surface area (Å²) in [6.07, 6.45) is 3.25. The summed E-state index contributed by atoms with van der Waals surface area (Å²) in [6.45, 7) is 2.06. The molecule has 0 aliphatic carbocycles. The SMILES string of the molecule is CC(CC(SSc1ccccn1)S(=O)(=O)[O-])C(=O)NCCSSc1ccccn1.[Na+]. The first kappa shape index (κ1) is 28.1. The van der Waals surface area contributed by atoms with E-state index >= 15 is 0 Å². The molecule has 0 saturated carbocycles. The van der Waals surface area contributed by atoms with Crippen LogP contribution >= 0.6 is 43.2 Å². The van der Waals surface area contributed by atoms with E-state index in [1.807, 2.05) is 18.2 Å². The second-order valence-corrected chi connectivity index (χ2v) is 12.5. The summed E-state index contributed by atoms with van der Waals surface area (Å²) in [7, 11) is 0.561. The zero-order valence-electron chi connectivity index (χ0n) is 16.5. The van der Waals surface area contributed by atoms with Gasteiger partial charge in [-0.3, -0.25) is 4.79 Å². The predicted octanol–water partition coefficient (Wildman–Crippen LogP) is 0.675. The van der Waals surface area contributed by atoms with E-state index in [1.165, 1.54) is 10.8 Å². The first-order chi connectivity index (χ1) is 13.9. The Balaban J connectivity index is 0.00000450. The molecule has 2 aromatic heterocycles. The topological polar surface area (TPSA) is 112 Å². The molecular formula is C17H20N3NaO4S5. The van der Waals surface area contributed by atoms with Crippen molar-refractivity contribution in [2.45, 2.75) is 28.0 Å². The quantitative estimate of drug-likeness (QED) is 0.188. The van der Waals surface area contributed by atoms with Gasteiger partial charge in [0.05, 0.1) is 0 Å². The van der Waals surface area contributed by atoms with Gasteiger partial charge in [-0.1, -0.05) is 40.6 Å². The van der Waals surface area contributed by atoms with Crippen LogP contribution in [-0.4, -0.2) is 45.7 Å². The molecule has 0 aromatic carbocycles. The molecule has 7 nitrogen and oxygen atoms in total. The second kappa shape index (κ2) is 15.0. The van der Waals surface area contributed by atoms with Gasteiger partial charge in [0.15, 0.2) is 0 Å². The zero-order valence-corrected chi connectivity index (χ0v) is 22.5. The van der Waals surface area contributed by atoms with E-state index < -0.39 is 20.6 Å².